The fraction of sp³-hybridized carbons (Fsp3) is 0.100. The number of thioether (sulfide) groups is 1. The van der Waals surface area contributed by atoms with Crippen LogP contribution in [0.4, 0.5) is 11.4 Å². The number of rotatable bonds is 9. The summed E-state index contributed by atoms with van der Waals surface area (Å²) in [7, 11) is 0. The highest BCUT2D eigenvalue weighted by atomic mass is 32.2. The lowest BCUT2D eigenvalue weighted by molar-refractivity contribution is -0.115. The fourth-order valence-electron chi connectivity index (χ4n) is 3.76. The molecular formula is C30H25N3O5S2. The molecule has 1 aliphatic rings. The zero-order valence-electron chi connectivity index (χ0n) is 21.4. The van der Waals surface area contributed by atoms with Gasteiger partial charge in [0.2, 0.25) is 12.7 Å². The van der Waals surface area contributed by atoms with E-state index >= 15 is 0 Å². The molecule has 202 valence electrons. The van der Waals surface area contributed by atoms with Crippen molar-refractivity contribution in [2.24, 2.45) is 0 Å². The van der Waals surface area contributed by atoms with E-state index in [1.165, 1.54) is 23.1 Å². The molecule has 1 aliphatic heterocycles. The van der Waals surface area contributed by atoms with E-state index in [1.54, 1.807) is 60.7 Å². The molecule has 0 aliphatic carbocycles. The summed E-state index contributed by atoms with van der Waals surface area (Å²) < 4.78 is 10.7. The van der Waals surface area contributed by atoms with Crippen LogP contribution in [0.3, 0.4) is 0 Å². The number of nitrogens with one attached hydrogen (secondary N) is 3. The molecule has 0 spiro atoms. The van der Waals surface area contributed by atoms with Gasteiger partial charge in [-0.1, -0.05) is 18.2 Å². The standard InChI is InChI=1S/C30H25N3O5S2/c1-19(28(34)32-23-9-12-26-27(16-23)38-18-37-26)40-24-10-7-22(8-11-24)31-30(36)25(15-20-13-14-39-17-20)33-29(35)21-5-3-2-4-6-21/h2-17,19H,18H2,1H3,(H,31,36)(H,32,34)(H,33,35)/b25-15-. The summed E-state index contributed by atoms with van der Waals surface area (Å²) in [6.45, 7) is 1.99. The Morgan fingerprint density at radius 1 is 0.900 bits per heavy atom. The summed E-state index contributed by atoms with van der Waals surface area (Å²) in [6.07, 6.45) is 1.64. The molecule has 0 radical (unpaired) electrons. The SMILES string of the molecule is CC(Sc1ccc(NC(=O)/C(=C/c2ccsc2)NC(=O)c2ccccc2)cc1)C(=O)Nc1ccc2c(c1)OCO2. The molecule has 3 amide bonds. The molecule has 4 aromatic rings. The number of anilines is 2. The molecule has 0 bridgehead atoms. The van der Waals surface area contributed by atoms with Gasteiger partial charge in [-0.15, -0.1) is 11.8 Å². The predicted octanol–water partition coefficient (Wildman–Crippen LogP) is 6.01. The van der Waals surface area contributed by atoms with Crippen LogP contribution in [0.15, 0.2) is 100 Å². The number of thiophene rings is 1. The fourth-order valence-corrected chi connectivity index (χ4v) is 5.24. The highest BCUT2D eigenvalue weighted by Crippen LogP contribution is 2.34. The van der Waals surface area contributed by atoms with E-state index < -0.39 is 5.91 Å². The molecule has 3 aromatic carbocycles. The van der Waals surface area contributed by atoms with Crippen LogP contribution in [0.5, 0.6) is 11.5 Å². The molecule has 1 atom stereocenters. The van der Waals surface area contributed by atoms with Crippen molar-refractivity contribution in [3.05, 3.63) is 106 Å². The van der Waals surface area contributed by atoms with Crippen LogP contribution in [0.2, 0.25) is 0 Å². The lowest BCUT2D eigenvalue weighted by Crippen LogP contribution is -2.30. The smallest absolute Gasteiger partial charge is 0.272 e. The summed E-state index contributed by atoms with van der Waals surface area (Å²) in [6, 6.07) is 23.0. The van der Waals surface area contributed by atoms with Gasteiger partial charge in [-0.05, 0) is 83.9 Å². The maximum absolute atomic E-state index is 13.1. The Kier molecular flexibility index (Phi) is 8.48. The largest absolute Gasteiger partial charge is 0.454 e. The van der Waals surface area contributed by atoms with E-state index in [0.717, 1.165) is 10.5 Å². The first-order valence-corrected chi connectivity index (χ1v) is 14.2. The molecule has 2 heterocycles. The lowest BCUT2D eigenvalue weighted by atomic mass is 10.2. The number of hydrogen-bond acceptors (Lipinski definition) is 7. The summed E-state index contributed by atoms with van der Waals surface area (Å²) in [4.78, 5) is 39.5. The van der Waals surface area contributed by atoms with E-state index in [-0.39, 0.29) is 29.6 Å². The first-order chi connectivity index (χ1) is 19.4. The van der Waals surface area contributed by atoms with Gasteiger partial charge in [-0.2, -0.15) is 11.3 Å². The van der Waals surface area contributed by atoms with Gasteiger partial charge in [0.25, 0.3) is 11.8 Å². The second-order valence-electron chi connectivity index (χ2n) is 8.73. The molecular weight excluding hydrogens is 546 g/mol. The number of carbonyl (C=O) groups excluding carboxylic acids is 3. The van der Waals surface area contributed by atoms with Gasteiger partial charge < -0.3 is 25.4 Å². The number of carbonyl (C=O) groups is 3. The number of fused-ring (bicyclic) bond motifs is 1. The third-order valence-corrected chi connectivity index (χ3v) is 7.63. The van der Waals surface area contributed by atoms with Crippen LogP contribution < -0.4 is 25.4 Å². The van der Waals surface area contributed by atoms with Crippen molar-refractivity contribution in [1.82, 2.24) is 5.32 Å². The molecule has 3 N–H and O–H groups in total. The first-order valence-electron chi connectivity index (χ1n) is 12.3. The van der Waals surface area contributed by atoms with Crippen molar-refractivity contribution >= 4 is 58.3 Å². The van der Waals surface area contributed by atoms with Crippen molar-refractivity contribution in [3.63, 3.8) is 0 Å². The predicted molar refractivity (Wildman–Crippen MR) is 158 cm³/mol. The minimum atomic E-state index is -0.452. The second kappa shape index (κ2) is 12.5. The van der Waals surface area contributed by atoms with E-state index in [0.29, 0.717) is 28.4 Å². The zero-order valence-corrected chi connectivity index (χ0v) is 23.0. The van der Waals surface area contributed by atoms with Gasteiger partial charge in [0.1, 0.15) is 5.70 Å². The molecule has 0 saturated carbocycles. The number of benzene rings is 3. The van der Waals surface area contributed by atoms with Crippen molar-refractivity contribution in [2.75, 3.05) is 17.4 Å². The van der Waals surface area contributed by atoms with Crippen molar-refractivity contribution in [3.8, 4) is 11.5 Å². The average Bonchev–Trinajstić information content (AvgIpc) is 3.66. The van der Waals surface area contributed by atoms with Crippen LogP contribution >= 0.6 is 23.1 Å². The quantitative estimate of drug-likeness (QED) is 0.168. The Morgan fingerprint density at radius 2 is 1.65 bits per heavy atom. The van der Waals surface area contributed by atoms with Gasteiger partial charge in [-0.25, -0.2) is 0 Å². The Balaban J connectivity index is 1.20. The van der Waals surface area contributed by atoms with Crippen molar-refractivity contribution in [1.29, 1.82) is 0 Å². The van der Waals surface area contributed by atoms with E-state index in [2.05, 4.69) is 16.0 Å². The van der Waals surface area contributed by atoms with Gasteiger partial charge in [0.05, 0.1) is 5.25 Å². The summed E-state index contributed by atoms with van der Waals surface area (Å²) in [5, 5.41) is 11.9. The van der Waals surface area contributed by atoms with E-state index in [4.69, 9.17) is 9.47 Å². The van der Waals surface area contributed by atoms with Gasteiger partial charge in [0, 0.05) is 27.9 Å². The third-order valence-electron chi connectivity index (χ3n) is 5.82. The highest BCUT2D eigenvalue weighted by molar-refractivity contribution is 8.00. The Labute approximate surface area is 239 Å². The van der Waals surface area contributed by atoms with Gasteiger partial charge in [0.15, 0.2) is 11.5 Å². The van der Waals surface area contributed by atoms with E-state index in [1.807, 2.05) is 41.9 Å². The number of amides is 3. The minimum absolute atomic E-state index is 0.125. The second-order valence-corrected chi connectivity index (χ2v) is 10.9. The summed E-state index contributed by atoms with van der Waals surface area (Å²) in [5.41, 5.74) is 2.56. The number of hydrogen-bond donors (Lipinski definition) is 3. The molecule has 0 saturated heterocycles. The number of ether oxygens (including phenoxy) is 2. The Hall–Kier alpha value is -4.54. The maximum atomic E-state index is 13.1. The van der Waals surface area contributed by atoms with Crippen molar-refractivity contribution < 1.29 is 23.9 Å². The Bertz CT molecular complexity index is 1540. The molecule has 1 aromatic heterocycles. The first kappa shape index (κ1) is 27.0. The molecule has 10 heteroatoms. The van der Waals surface area contributed by atoms with Gasteiger partial charge in [-0.3, -0.25) is 14.4 Å². The maximum Gasteiger partial charge on any atom is 0.272 e. The van der Waals surface area contributed by atoms with Gasteiger partial charge >= 0.3 is 0 Å². The summed E-state index contributed by atoms with van der Waals surface area (Å²) >= 11 is 2.89. The third kappa shape index (κ3) is 6.90. The minimum Gasteiger partial charge on any atom is -0.454 e. The summed E-state index contributed by atoms with van der Waals surface area (Å²) in [5.74, 6) is 0.270. The lowest BCUT2D eigenvalue weighted by Gasteiger charge is -2.13. The van der Waals surface area contributed by atoms with Crippen LogP contribution in [-0.2, 0) is 9.59 Å². The molecule has 8 nitrogen and oxygen atoms in total. The van der Waals surface area contributed by atoms with Crippen LogP contribution in [0, 0.1) is 0 Å². The van der Waals surface area contributed by atoms with Crippen LogP contribution in [-0.4, -0.2) is 29.8 Å². The highest BCUT2D eigenvalue weighted by Gasteiger charge is 2.19. The normalized spacial score (nSPS) is 12.9. The monoisotopic (exact) mass is 571 g/mol. The van der Waals surface area contributed by atoms with Crippen LogP contribution in [0.1, 0.15) is 22.8 Å². The zero-order chi connectivity index (χ0) is 27.9. The average molecular weight is 572 g/mol. The molecule has 0 fully saturated rings. The van der Waals surface area contributed by atoms with Crippen molar-refractivity contribution in [2.45, 2.75) is 17.1 Å². The molecule has 40 heavy (non-hydrogen) atoms. The van der Waals surface area contributed by atoms with E-state index in [9.17, 15) is 14.4 Å². The Morgan fingerprint density at radius 3 is 2.40 bits per heavy atom. The molecule has 5 rings (SSSR count). The topological polar surface area (TPSA) is 106 Å². The molecule has 1 unspecified atom stereocenters. The van der Waals surface area contributed by atoms with Crippen LogP contribution in [0.25, 0.3) is 6.08 Å².